The second-order valence-corrected chi connectivity index (χ2v) is 4.19. The van der Waals surface area contributed by atoms with Gasteiger partial charge in [-0.2, -0.15) is 0 Å². The molecule has 0 aliphatic heterocycles. The van der Waals surface area contributed by atoms with Crippen LogP contribution in [-0.2, 0) is 0 Å². The average Bonchev–Trinajstić information content (AvgIpc) is 2.68. The van der Waals surface area contributed by atoms with Crippen LogP contribution in [0.15, 0.2) is 48.5 Å². The number of phenolic OH excluding ortho intramolecular Hbond substituents is 1. The lowest BCUT2D eigenvalue weighted by Crippen LogP contribution is -1.78. The minimum absolute atomic E-state index is 0.325. The molecular weight excluding hydrogens is 210 g/mol. The first-order valence-corrected chi connectivity index (χ1v) is 5.63. The Labute approximate surface area is 99.5 Å². The van der Waals surface area contributed by atoms with Crippen molar-refractivity contribution in [3.8, 4) is 16.9 Å². The second-order valence-electron chi connectivity index (χ2n) is 4.19. The van der Waals surface area contributed by atoms with Gasteiger partial charge in [0.05, 0.1) is 0 Å². The van der Waals surface area contributed by atoms with E-state index in [4.69, 9.17) is 0 Å². The highest BCUT2D eigenvalue weighted by Crippen LogP contribution is 2.36. The van der Waals surface area contributed by atoms with Gasteiger partial charge in [-0.25, -0.2) is 0 Å². The molecule has 0 amide bonds. The second kappa shape index (κ2) is 3.67. The van der Waals surface area contributed by atoms with Crippen LogP contribution in [0.1, 0.15) is 5.69 Å². The van der Waals surface area contributed by atoms with Crippen molar-refractivity contribution in [1.82, 2.24) is 4.98 Å². The van der Waals surface area contributed by atoms with Gasteiger partial charge in [-0.1, -0.05) is 36.4 Å². The molecule has 0 aliphatic rings. The van der Waals surface area contributed by atoms with Crippen LogP contribution in [0, 0.1) is 6.92 Å². The molecule has 1 aromatic heterocycles. The van der Waals surface area contributed by atoms with Crippen molar-refractivity contribution < 1.29 is 5.11 Å². The number of H-pyrrole nitrogens is 1. The zero-order valence-corrected chi connectivity index (χ0v) is 9.57. The highest BCUT2D eigenvalue weighted by Gasteiger charge is 2.12. The summed E-state index contributed by atoms with van der Waals surface area (Å²) in [5.41, 5.74) is 4.26. The molecule has 0 radical (unpaired) electrons. The van der Waals surface area contributed by atoms with E-state index in [0.717, 1.165) is 27.7 Å². The third-order valence-corrected chi connectivity index (χ3v) is 3.05. The third-order valence-electron chi connectivity index (χ3n) is 3.05. The number of benzene rings is 2. The molecule has 2 N–H and O–H groups in total. The van der Waals surface area contributed by atoms with Crippen molar-refractivity contribution in [1.29, 1.82) is 0 Å². The quantitative estimate of drug-likeness (QED) is 0.645. The number of nitrogens with one attached hydrogen (secondary N) is 1. The molecule has 17 heavy (non-hydrogen) atoms. The largest absolute Gasteiger partial charge is 0.507 e. The van der Waals surface area contributed by atoms with Crippen LogP contribution >= 0.6 is 0 Å². The fraction of sp³-hybridized carbons (Fsp3) is 0.0667. The van der Waals surface area contributed by atoms with E-state index in [9.17, 15) is 5.11 Å². The van der Waals surface area contributed by atoms with Gasteiger partial charge in [0.25, 0.3) is 0 Å². The topological polar surface area (TPSA) is 36.0 Å². The van der Waals surface area contributed by atoms with Crippen molar-refractivity contribution in [2.45, 2.75) is 6.92 Å². The number of rotatable bonds is 1. The molecule has 84 valence electrons. The fourth-order valence-corrected chi connectivity index (χ4v) is 2.32. The predicted octanol–water partition coefficient (Wildman–Crippen LogP) is 3.85. The molecular formula is C15H13NO. The molecule has 2 aromatic carbocycles. The molecule has 0 fully saturated rings. The van der Waals surface area contributed by atoms with Gasteiger partial charge in [0, 0.05) is 22.2 Å². The van der Waals surface area contributed by atoms with Gasteiger partial charge < -0.3 is 10.1 Å². The van der Waals surface area contributed by atoms with Crippen LogP contribution in [0.3, 0.4) is 0 Å². The van der Waals surface area contributed by atoms with Gasteiger partial charge in [0.15, 0.2) is 0 Å². The minimum atomic E-state index is 0.325. The van der Waals surface area contributed by atoms with E-state index in [1.54, 1.807) is 6.07 Å². The summed E-state index contributed by atoms with van der Waals surface area (Å²) in [6.07, 6.45) is 0. The monoisotopic (exact) mass is 223 g/mol. The molecule has 2 heteroatoms. The Morgan fingerprint density at radius 1 is 0.941 bits per heavy atom. The van der Waals surface area contributed by atoms with Gasteiger partial charge in [0.1, 0.15) is 5.75 Å². The van der Waals surface area contributed by atoms with Gasteiger partial charge in [-0.15, -0.1) is 0 Å². The van der Waals surface area contributed by atoms with Crippen LogP contribution < -0.4 is 0 Å². The molecule has 0 unspecified atom stereocenters. The first-order valence-electron chi connectivity index (χ1n) is 5.63. The summed E-state index contributed by atoms with van der Waals surface area (Å²) in [6, 6.07) is 15.7. The number of hydrogen-bond donors (Lipinski definition) is 2. The van der Waals surface area contributed by atoms with Crippen molar-refractivity contribution >= 4 is 10.9 Å². The molecule has 1 heterocycles. The lowest BCUT2D eigenvalue weighted by atomic mass is 10.0. The number of aryl methyl sites for hydroxylation is 1. The molecule has 0 spiro atoms. The fourth-order valence-electron chi connectivity index (χ4n) is 2.32. The van der Waals surface area contributed by atoms with Crippen molar-refractivity contribution in [2.75, 3.05) is 0 Å². The Morgan fingerprint density at radius 3 is 2.47 bits per heavy atom. The lowest BCUT2D eigenvalue weighted by molar-refractivity contribution is 0.482. The van der Waals surface area contributed by atoms with Crippen molar-refractivity contribution in [3.63, 3.8) is 0 Å². The molecule has 0 saturated carbocycles. The van der Waals surface area contributed by atoms with Gasteiger partial charge >= 0.3 is 0 Å². The molecule has 0 saturated heterocycles. The Hall–Kier alpha value is -2.22. The van der Waals surface area contributed by atoms with Crippen LogP contribution in [0.2, 0.25) is 0 Å². The molecule has 2 nitrogen and oxygen atoms in total. The highest BCUT2D eigenvalue weighted by atomic mass is 16.3. The minimum Gasteiger partial charge on any atom is -0.507 e. The van der Waals surface area contributed by atoms with Crippen molar-refractivity contribution in [3.05, 3.63) is 54.2 Å². The van der Waals surface area contributed by atoms with E-state index in [2.05, 4.69) is 17.1 Å². The normalized spacial score (nSPS) is 10.9. The van der Waals surface area contributed by atoms with Gasteiger partial charge in [0.2, 0.25) is 0 Å². The van der Waals surface area contributed by atoms with Crippen molar-refractivity contribution in [2.24, 2.45) is 0 Å². The summed E-state index contributed by atoms with van der Waals surface area (Å²) >= 11 is 0. The van der Waals surface area contributed by atoms with Gasteiger partial charge in [-0.3, -0.25) is 0 Å². The standard InChI is InChI=1S/C15H13NO/c1-10-14(11-6-3-2-4-7-11)15-12(16-10)8-5-9-13(15)17/h2-9,16-17H,1H3. The molecule has 3 rings (SSSR count). The summed E-state index contributed by atoms with van der Waals surface area (Å²) in [5.74, 6) is 0.325. The Morgan fingerprint density at radius 2 is 1.71 bits per heavy atom. The zero-order chi connectivity index (χ0) is 11.8. The third kappa shape index (κ3) is 1.49. The highest BCUT2D eigenvalue weighted by molar-refractivity contribution is 6.01. The Balaban J connectivity index is 2.40. The van der Waals surface area contributed by atoms with E-state index in [0.29, 0.717) is 5.75 Å². The lowest BCUT2D eigenvalue weighted by Gasteiger charge is -2.02. The van der Waals surface area contributed by atoms with E-state index in [1.165, 1.54) is 0 Å². The predicted molar refractivity (Wildman–Crippen MR) is 70.1 cm³/mol. The summed E-state index contributed by atoms with van der Waals surface area (Å²) in [6.45, 7) is 2.03. The maximum Gasteiger partial charge on any atom is 0.125 e. The summed E-state index contributed by atoms with van der Waals surface area (Å²) in [4.78, 5) is 3.31. The zero-order valence-electron chi connectivity index (χ0n) is 9.57. The SMILES string of the molecule is Cc1[nH]c2cccc(O)c2c1-c1ccccc1. The first kappa shape index (κ1) is 9.97. The number of fused-ring (bicyclic) bond motifs is 1. The van der Waals surface area contributed by atoms with E-state index < -0.39 is 0 Å². The maximum absolute atomic E-state index is 10.0. The van der Waals surface area contributed by atoms with Crippen LogP contribution in [0.4, 0.5) is 0 Å². The molecule has 0 aliphatic carbocycles. The number of aromatic hydroxyl groups is 1. The molecule has 3 aromatic rings. The average molecular weight is 223 g/mol. The smallest absolute Gasteiger partial charge is 0.125 e. The number of phenols is 1. The Kier molecular flexibility index (Phi) is 2.15. The van der Waals surface area contributed by atoms with E-state index in [-0.39, 0.29) is 0 Å². The Bertz CT molecular complexity index is 668. The number of hydrogen-bond acceptors (Lipinski definition) is 1. The summed E-state index contributed by atoms with van der Waals surface area (Å²) in [5, 5.41) is 10.9. The first-order chi connectivity index (χ1) is 8.27. The number of aromatic amines is 1. The van der Waals surface area contributed by atoms with E-state index in [1.807, 2.05) is 37.3 Å². The summed E-state index contributed by atoms with van der Waals surface area (Å²) in [7, 11) is 0. The number of aromatic nitrogens is 1. The van der Waals surface area contributed by atoms with E-state index >= 15 is 0 Å². The molecule has 0 atom stereocenters. The van der Waals surface area contributed by atoms with Crippen LogP contribution in [-0.4, -0.2) is 10.1 Å². The van der Waals surface area contributed by atoms with Crippen LogP contribution in [0.25, 0.3) is 22.0 Å². The summed E-state index contributed by atoms with van der Waals surface area (Å²) < 4.78 is 0. The van der Waals surface area contributed by atoms with Crippen LogP contribution in [0.5, 0.6) is 5.75 Å². The maximum atomic E-state index is 10.0. The van der Waals surface area contributed by atoms with Gasteiger partial charge in [-0.05, 0) is 24.6 Å². The molecule has 0 bridgehead atoms.